The van der Waals surface area contributed by atoms with Gasteiger partial charge < -0.3 is 10.5 Å². The van der Waals surface area contributed by atoms with Gasteiger partial charge >= 0.3 is 12.0 Å². The third kappa shape index (κ3) is 5.51. The van der Waals surface area contributed by atoms with Crippen LogP contribution in [0.15, 0.2) is 29.2 Å². The maximum atomic E-state index is 12.7. The van der Waals surface area contributed by atoms with Crippen molar-refractivity contribution >= 4 is 27.9 Å². The maximum absolute atomic E-state index is 12.7. The molecule has 1 fully saturated rings. The van der Waals surface area contributed by atoms with Crippen LogP contribution in [0.3, 0.4) is 0 Å². The Balaban J connectivity index is 2.06. The van der Waals surface area contributed by atoms with Gasteiger partial charge in [-0.25, -0.2) is 18.0 Å². The van der Waals surface area contributed by atoms with E-state index in [2.05, 4.69) is 0 Å². The van der Waals surface area contributed by atoms with Gasteiger partial charge in [0.2, 0.25) is 10.0 Å². The minimum atomic E-state index is -3.61. The fraction of sp³-hybridized carbons (Fsp3) is 0.471. The van der Waals surface area contributed by atoms with Gasteiger partial charge in [-0.1, -0.05) is 12.8 Å². The van der Waals surface area contributed by atoms with Crippen molar-refractivity contribution in [2.24, 2.45) is 5.73 Å². The van der Waals surface area contributed by atoms with E-state index in [0.717, 1.165) is 25.7 Å². The van der Waals surface area contributed by atoms with Gasteiger partial charge in [-0.15, -0.1) is 0 Å². The van der Waals surface area contributed by atoms with E-state index >= 15 is 0 Å². The number of nitrogens with one attached hydrogen (secondary N) is 1. The Morgan fingerprint density at radius 1 is 1.07 bits per heavy atom. The number of nitrogens with two attached hydrogens (primary N) is 1. The number of carbonyl (C=O) groups excluding carboxylic acids is 3. The molecule has 0 spiro atoms. The van der Waals surface area contributed by atoms with Crippen LogP contribution in [0.4, 0.5) is 4.79 Å². The van der Waals surface area contributed by atoms with Crippen LogP contribution >= 0.6 is 0 Å². The number of carbonyl (C=O) groups is 3. The molecule has 148 valence electrons. The highest BCUT2D eigenvalue weighted by Gasteiger charge is 2.26. The van der Waals surface area contributed by atoms with Crippen LogP contribution < -0.4 is 11.1 Å². The summed E-state index contributed by atoms with van der Waals surface area (Å²) in [5.74, 6) is -1.67. The van der Waals surface area contributed by atoms with Crippen LogP contribution in [0.2, 0.25) is 0 Å². The molecular formula is C17H23N3O6S. The Kier molecular flexibility index (Phi) is 6.92. The van der Waals surface area contributed by atoms with Crippen molar-refractivity contribution in [1.82, 2.24) is 9.62 Å². The van der Waals surface area contributed by atoms with Crippen molar-refractivity contribution in [3.8, 4) is 0 Å². The molecule has 3 N–H and O–H groups in total. The molecule has 1 heterocycles. The summed E-state index contributed by atoms with van der Waals surface area (Å²) in [6.07, 6.45) is 2.45. The van der Waals surface area contributed by atoms with Gasteiger partial charge in [-0.05, 0) is 44.0 Å². The number of rotatable bonds is 5. The van der Waals surface area contributed by atoms with Crippen LogP contribution in [0.1, 0.15) is 43.0 Å². The van der Waals surface area contributed by atoms with E-state index in [1.54, 1.807) is 0 Å². The summed E-state index contributed by atoms with van der Waals surface area (Å²) in [4.78, 5) is 34.4. The average Bonchev–Trinajstić information content (AvgIpc) is 2.91. The predicted octanol–water partition coefficient (Wildman–Crippen LogP) is 0.991. The molecule has 1 saturated heterocycles. The van der Waals surface area contributed by atoms with E-state index in [-0.39, 0.29) is 10.5 Å². The second-order valence-corrected chi connectivity index (χ2v) is 8.18. The summed E-state index contributed by atoms with van der Waals surface area (Å²) in [6.45, 7) is 2.26. The highest BCUT2D eigenvalue weighted by Crippen LogP contribution is 2.21. The standard InChI is InChI=1S/C17H23N3O6S/c1-12(15(21)19-17(18)23)26-16(22)13-6-8-14(9-7-13)27(24,25)20-10-4-2-3-5-11-20/h6-9,12H,2-5,10-11H2,1H3,(H3,18,19,21,23)/t12-/m1/s1. The molecule has 0 unspecified atom stereocenters. The molecule has 1 aliphatic rings. The van der Waals surface area contributed by atoms with Crippen molar-refractivity contribution in [2.75, 3.05) is 13.1 Å². The predicted molar refractivity (Wildman–Crippen MR) is 96.3 cm³/mol. The zero-order chi connectivity index (χ0) is 20.0. The number of hydrogen-bond donors (Lipinski definition) is 2. The molecule has 0 saturated carbocycles. The van der Waals surface area contributed by atoms with E-state index < -0.39 is 34.0 Å². The highest BCUT2D eigenvalue weighted by molar-refractivity contribution is 7.89. The van der Waals surface area contributed by atoms with Gasteiger partial charge in [0.25, 0.3) is 5.91 Å². The number of nitrogens with zero attached hydrogens (tertiary/aromatic N) is 1. The largest absolute Gasteiger partial charge is 0.449 e. The molecule has 0 radical (unpaired) electrons. The molecule has 1 aromatic carbocycles. The number of hydrogen-bond acceptors (Lipinski definition) is 6. The third-order valence-corrected chi connectivity index (χ3v) is 6.11. The van der Waals surface area contributed by atoms with E-state index in [0.29, 0.717) is 13.1 Å². The summed E-state index contributed by atoms with van der Waals surface area (Å²) in [5.41, 5.74) is 4.92. The lowest BCUT2D eigenvalue weighted by Gasteiger charge is -2.20. The van der Waals surface area contributed by atoms with Crippen LogP contribution in [0, 0.1) is 0 Å². The molecule has 1 aliphatic heterocycles. The number of esters is 1. The monoisotopic (exact) mass is 397 g/mol. The Morgan fingerprint density at radius 3 is 2.15 bits per heavy atom. The molecule has 2 rings (SSSR count). The quantitative estimate of drug-likeness (QED) is 0.711. The molecule has 3 amide bonds. The van der Waals surface area contributed by atoms with Crippen LogP contribution in [-0.4, -0.2) is 49.8 Å². The van der Waals surface area contributed by atoms with E-state index in [9.17, 15) is 22.8 Å². The summed E-state index contributed by atoms with van der Waals surface area (Å²) >= 11 is 0. The van der Waals surface area contributed by atoms with E-state index in [1.165, 1.54) is 35.5 Å². The zero-order valence-electron chi connectivity index (χ0n) is 15.0. The van der Waals surface area contributed by atoms with Crippen LogP contribution in [0.25, 0.3) is 0 Å². The fourth-order valence-electron chi connectivity index (χ4n) is 2.70. The molecular weight excluding hydrogens is 374 g/mol. The van der Waals surface area contributed by atoms with Crippen LogP contribution in [0.5, 0.6) is 0 Å². The third-order valence-electron chi connectivity index (χ3n) is 4.19. The van der Waals surface area contributed by atoms with E-state index in [4.69, 9.17) is 10.5 Å². The lowest BCUT2D eigenvalue weighted by Crippen LogP contribution is -2.42. The minimum absolute atomic E-state index is 0.0866. The highest BCUT2D eigenvalue weighted by atomic mass is 32.2. The molecule has 27 heavy (non-hydrogen) atoms. The van der Waals surface area contributed by atoms with Crippen molar-refractivity contribution in [3.05, 3.63) is 29.8 Å². The van der Waals surface area contributed by atoms with Crippen molar-refractivity contribution in [1.29, 1.82) is 0 Å². The van der Waals surface area contributed by atoms with Gasteiger partial charge in [0.05, 0.1) is 10.5 Å². The Morgan fingerprint density at radius 2 is 1.63 bits per heavy atom. The van der Waals surface area contributed by atoms with Gasteiger partial charge in [0.15, 0.2) is 6.10 Å². The zero-order valence-corrected chi connectivity index (χ0v) is 15.8. The van der Waals surface area contributed by atoms with Crippen molar-refractivity contribution in [2.45, 2.75) is 43.6 Å². The van der Waals surface area contributed by atoms with Gasteiger partial charge in [0, 0.05) is 13.1 Å². The SMILES string of the molecule is C[C@@H](OC(=O)c1ccc(S(=O)(=O)N2CCCCCC2)cc1)C(=O)NC(N)=O. The first-order chi connectivity index (χ1) is 12.7. The summed E-state index contributed by atoms with van der Waals surface area (Å²) in [6, 6.07) is 4.28. The lowest BCUT2D eigenvalue weighted by molar-refractivity contribution is -0.127. The molecule has 0 aliphatic carbocycles. The summed E-state index contributed by atoms with van der Waals surface area (Å²) in [5, 5.41) is 1.81. The number of primary amides is 1. The Labute approximate surface area is 157 Å². The first-order valence-electron chi connectivity index (χ1n) is 8.63. The molecule has 1 aromatic rings. The number of sulfonamides is 1. The van der Waals surface area contributed by atoms with Crippen LogP contribution in [-0.2, 0) is 19.6 Å². The normalized spacial score (nSPS) is 16.8. The Hall–Kier alpha value is -2.46. The molecule has 10 heteroatoms. The number of amides is 3. The van der Waals surface area contributed by atoms with Gasteiger partial charge in [-0.3, -0.25) is 10.1 Å². The number of benzene rings is 1. The summed E-state index contributed by atoms with van der Waals surface area (Å²) in [7, 11) is -3.61. The topological polar surface area (TPSA) is 136 Å². The molecule has 0 aromatic heterocycles. The molecule has 0 bridgehead atoms. The number of imide groups is 1. The number of urea groups is 1. The van der Waals surface area contributed by atoms with Crippen molar-refractivity contribution < 1.29 is 27.5 Å². The molecule has 9 nitrogen and oxygen atoms in total. The van der Waals surface area contributed by atoms with Crippen molar-refractivity contribution in [3.63, 3.8) is 0 Å². The Bertz CT molecular complexity index is 798. The van der Waals surface area contributed by atoms with Gasteiger partial charge in [0.1, 0.15) is 0 Å². The average molecular weight is 397 g/mol. The van der Waals surface area contributed by atoms with E-state index in [1.807, 2.05) is 5.32 Å². The minimum Gasteiger partial charge on any atom is -0.449 e. The second kappa shape index (κ2) is 8.96. The number of ether oxygens (including phenoxy) is 1. The van der Waals surface area contributed by atoms with Gasteiger partial charge in [-0.2, -0.15) is 4.31 Å². The second-order valence-electron chi connectivity index (χ2n) is 6.24. The fourth-order valence-corrected chi connectivity index (χ4v) is 4.22. The smallest absolute Gasteiger partial charge is 0.338 e. The lowest BCUT2D eigenvalue weighted by atomic mass is 10.2. The summed E-state index contributed by atoms with van der Waals surface area (Å²) < 4.78 is 31.8. The maximum Gasteiger partial charge on any atom is 0.338 e. The first kappa shape index (κ1) is 20.8. The first-order valence-corrected chi connectivity index (χ1v) is 10.1. The molecule has 1 atom stereocenters.